The number of amides is 1. The van der Waals surface area contributed by atoms with Crippen molar-refractivity contribution in [2.75, 3.05) is 19.6 Å². The van der Waals surface area contributed by atoms with Gasteiger partial charge in [-0.1, -0.05) is 6.92 Å². The van der Waals surface area contributed by atoms with Crippen LogP contribution in [0.15, 0.2) is 0 Å². The van der Waals surface area contributed by atoms with Crippen molar-refractivity contribution in [1.82, 2.24) is 10.2 Å². The molecule has 0 bridgehead atoms. The topological polar surface area (TPSA) is 52.6 Å². The van der Waals surface area contributed by atoms with Crippen molar-refractivity contribution < 1.29 is 9.90 Å². The Labute approximate surface area is 90.6 Å². The Morgan fingerprint density at radius 2 is 2.20 bits per heavy atom. The summed E-state index contributed by atoms with van der Waals surface area (Å²) in [5, 5.41) is 12.7. The first-order valence-electron chi connectivity index (χ1n) is 5.85. The van der Waals surface area contributed by atoms with Crippen molar-refractivity contribution >= 4 is 5.91 Å². The Morgan fingerprint density at radius 3 is 2.73 bits per heavy atom. The molecule has 0 aromatic carbocycles. The second-order valence-electron chi connectivity index (χ2n) is 4.88. The Kier molecular flexibility index (Phi) is 2.98. The van der Waals surface area contributed by atoms with E-state index in [4.69, 9.17) is 0 Å². The summed E-state index contributed by atoms with van der Waals surface area (Å²) in [6.07, 6.45) is 3.66. The number of nitrogens with one attached hydrogen (secondary N) is 1. The molecule has 1 saturated heterocycles. The van der Waals surface area contributed by atoms with E-state index in [1.54, 1.807) is 0 Å². The number of rotatable bonds is 5. The van der Waals surface area contributed by atoms with E-state index in [0.717, 1.165) is 38.9 Å². The van der Waals surface area contributed by atoms with Gasteiger partial charge in [0.05, 0.1) is 5.60 Å². The molecule has 0 atom stereocenters. The van der Waals surface area contributed by atoms with Gasteiger partial charge in [0.1, 0.15) is 0 Å². The zero-order valence-electron chi connectivity index (χ0n) is 9.33. The van der Waals surface area contributed by atoms with Crippen LogP contribution in [0.1, 0.15) is 32.6 Å². The molecule has 2 N–H and O–H groups in total. The minimum absolute atomic E-state index is 0.157. The van der Waals surface area contributed by atoms with E-state index in [2.05, 4.69) is 10.2 Å². The molecule has 2 fully saturated rings. The van der Waals surface area contributed by atoms with Crippen LogP contribution in [0, 0.1) is 0 Å². The van der Waals surface area contributed by atoms with Crippen molar-refractivity contribution in [1.29, 1.82) is 0 Å². The third-order valence-corrected chi connectivity index (χ3v) is 3.29. The average molecular weight is 212 g/mol. The summed E-state index contributed by atoms with van der Waals surface area (Å²) >= 11 is 0. The van der Waals surface area contributed by atoms with Gasteiger partial charge in [-0.3, -0.25) is 9.69 Å². The lowest BCUT2D eigenvalue weighted by atomic mass is 9.91. The van der Waals surface area contributed by atoms with Crippen LogP contribution in [0.25, 0.3) is 0 Å². The SMILES string of the molecule is CCC1(O)CN(CCC(=O)NC2CC2)C1. The van der Waals surface area contributed by atoms with Gasteiger partial charge in [-0.05, 0) is 19.3 Å². The molecular formula is C11H20N2O2. The average Bonchev–Trinajstić information content (AvgIpc) is 2.94. The Hall–Kier alpha value is -0.610. The highest BCUT2D eigenvalue weighted by molar-refractivity contribution is 5.76. The molecule has 1 saturated carbocycles. The summed E-state index contributed by atoms with van der Waals surface area (Å²) in [4.78, 5) is 13.5. The normalized spacial score (nSPS) is 24.7. The maximum absolute atomic E-state index is 11.4. The molecular weight excluding hydrogens is 192 g/mol. The van der Waals surface area contributed by atoms with Crippen LogP contribution in [0.5, 0.6) is 0 Å². The lowest BCUT2D eigenvalue weighted by molar-refractivity contribution is -0.125. The first kappa shape index (κ1) is 10.9. The molecule has 86 valence electrons. The quantitative estimate of drug-likeness (QED) is 0.680. The minimum atomic E-state index is -0.479. The molecule has 1 amide bonds. The van der Waals surface area contributed by atoms with Gasteiger partial charge >= 0.3 is 0 Å². The van der Waals surface area contributed by atoms with E-state index in [9.17, 15) is 9.90 Å². The van der Waals surface area contributed by atoms with Gasteiger partial charge in [-0.2, -0.15) is 0 Å². The second-order valence-corrected chi connectivity index (χ2v) is 4.88. The largest absolute Gasteiger partial charge is 0.387 e. The van der Waals surface area contributed by atoms with Crippen LogP contribution in [-0.2, 0) is 4.79 Å². The van der Waals surface area contributed by atoms with Gasteiger partial charge in [-0.15, -0.1) is 0 Å². The molecule has 2 aliphatic rings. The fourth-order valence-electron chi connectivity index (χ4n) is 1.96. The highest BCUT2D eigenvalue weighted by Crippen LogP contribution is 2.24. The molecule has 0 spiro atoms. The molecule has 15 heavy (non-hydrogen) atoms. The highest BCUT2D eigenvalue weighted by atomic mass is 16.3. The molecule has 2 rings (SSSR count). The van der Waals surface area contributed by atoms with Crippen molar-refractivity contribution in [2.45, 2.75) is 44.2 Å². The molecule has 1 heterocycles. The maximum atomic E-state index is 11.4. The number of likely N-dealkylation sites (tertiary alicyclic amines) is 1. The summed E-state index contributed by atoms with van der Waals surface area (Å²) in [6, 6.07) is 0.460. The van der Waals surface area contributed by atoms with E-state index >= 15 is 0 Å². The van der Waals surface area contributed by atoms with Crippen molar-refractivity contribution in [3.05, 3.63) is 0 Å². The number of hydrogen-bond donors (Lipinski definition) is 2. The van der Waals surface area contributed by atoms with Crippen LogP contribution in [0.2, 0.25) is 0 Å². The number of aliphatic hydroxyl groups is 1. The van der Waals surface area contributed by atoms with Gasteiger partial charge in [0.2, 0.25) is 5.91 Å². The second kappa shape index (κ2) is 4.10. The number of nitrogens with zero attached hydrogens (tertiary/aromatic N) is 1. The molecule has 4 heteroatoms. The maximum Gasteiger partial charge on any atom is 0.221 e. The smallest absolute Gasteiger partial charge is 0.221 e. The number of β-amino-alcohol motifs (C(OH)–C–C–N with tert-alkyl or cyclic N) is 1. The van der Waals surface area contributed by atoms with Gasteiger partial charge in [0.15, 0.2) is 0 Å². The lowest BCUT2D eigenvalue weighted by Gasteiger charge is -2.46. The van der Waals surface area contributed by atoms with Crippen LogP contribution in [0.4, 0.5) is 0 Å². The van der Waals surface area contributed by atoms with E-state index in [-0.39, 0.29) is 5.91 Å². The van der Waals surface area contributed by atoms with E-state index in [1.807, 2.05) is 6.92 Å². The Morgan fingerprint density at radius 1 is 1.53 bits per heavy atom. The fourth-order valence-corrected chi connectivity index (χ4v) is 1.96. The zero-order chi connectivity index (χ0) is 10.9. The van der Waals surface area contributed by atoms with Gasteiger partial charge in [0.25, 0.3) is 0 Å². The zero-order valence-corrected chi connectivity index (χ0v) is 9.33. The standard InChI is InChI=1S/C11H20N2O2/c1-2-11(15)7-13(8-11)6-5-10(14)12-9-3-4-9/h9,15H,2-8H2,1H3,(H,12,14). The molecule has 0 aromatic heterocycles. The van der Waals surface area contributed by atoms with Crippen molar-refractivity contribution in [3.63, 3.8) is 0 Å². The van der Waals surface area contributed by atoms with Crippen LogP contribution in [-0.4, -0.2) is 47.2 Å². The molecule has 1 aliphatic carbocycles. The summed E-state index contributed by atoms with van der Waals surface area (Å²) in [5.74, 6) is 0.157. The minimum Gasteiger partial charge on any atom is -0.387 e. The summed E-state index contributed by atoms with van der Waals surface area (Å²) in [6.45, 7) is 4.22. The number of carbonyl (C=O) groups excluding carboxylic acids is 1. The van der Waals surface area contributed by atoms with Gasteiger partial charge < -0.3 is 10.4 Å². The fraction of sp³-hybridized carbons (Fsp3) is 0.909. The molecule has 0 radical (unpaired) electrons. The van der Waals surface area contributed by atoms with Crippen molar-refractivity contribution in [3.8, 4) is 0 Å². The van der Waals surface area contributed by atoms with E-state index in [1.165, 1.54) is 0 Å². The van der Waals surface area contributed by atoms with Crippen LogP contribution < -0.4 is 5.32 Å². The molecule has 4 nitrogen and oxygen atoms in total. The Balaban J connectivity index is 1.57. The summed E-state index contributed by atoms with van der Waals surface area (Å²) in [5.41, 5.74) is -0.479. The molecule has 0 unspecified atom stereocenters. The highest BCUT2D eigenvalue weighted by Gasteiger charge is 2.39. The summed E-state index contributed by atoms with van der Waals surface area (Å²) in [7, 11) is 0. The third-order valence-electron chi connectivity index (χ3n) is 3.29. The predicted octanol–water partition coefficient (Wildman–Crippen LogP) is 0.112. The van der Waals surface area contributed by atoms with Crippen LogP contribution in [0.3, 0.4) is 0 Å². The van der Waals surface area contributed by atoms with Gasteiger partial charge in [-0.25, -0.2) is 0 Å². The van der Waals surface area contributed by atoms with Crippen LogP contribution >= 0.6 is 0 Å². The molecule has 1 aliphatic heterocycles. The summed E-state index contributed by atoms with van der Waals surface area (Å²) < 4.78 is 0. The van der Waals surface area contributed by atoms with E-state index in [0.29, 0.717) is 12.5 Å². The predicted molar refractivity (Wildman–Crippen MR) is 57.5 cm³/mol. The monoisotopic (exact) mass is 212 g/mol. The first-order chi connectivity index (χ1) is 7.11. The number of carbonyl (C=O) groups is 1. The van der Waals surface area contributed by atoms with E-state index < -0.39 is 5.60 Å². The van der Waals surface area contributed by atoms with Gasteiger partial charge in [0, 0.05) is 32.1 Å². The number of hydrogen-bond acceptors (Lipinski definition) is 3. The Bertz CT molecular complexity index is 245. The molecule has 0 aromatic rings. The first-order valence-corrected chi connectivity index (χ1v) is 5.85. The lowest BCUT2D eigenvalue weighted by Crippen LogP contribution is -2.61. The third kappa shape index (κ3) is 2.92. The van der Waals surface area contributed by atoms with Crippen molar-refractivity contribution in [2.24, 2.45) is 0 Å².